The molecule has 2 aromatic carbocycles. The van der Waals surface area contributed by atoms with E-state index in [9.17, 15) is 18.0 Å². The Morgan fingerprint density at radius 3 is 2.30 bits per heavy atom. The lowest BCUT2D eigenvalue weighted by molar-refractivity contribution is 0.0570. The maximum Gasteiger partial charge on any atom is 0.409 e. The van der Waals surface area contributed by atoms with Gasteiger partial charge in [0.05, 0.1) is 11.5 Å². The van der Waals surface area contributed by atoms with Crippen molar-refractivity contribution in [2.75, 3.05) is 32.8 Å². The molecular formula is C21H25N3O5S. The van der Waals surface area contributed by atoms with Gasteiger partial charge in [0.15, 0.2) is 0 Å². The van der Waals surface area contributed by atoms with E-state index in [0.29, 0.717) is 38.3 Å². The summed E-state index contributed by atoms with van der Waals surface area (Å²) in [6, 6.07) is 15.2. The summed E-state index contributed by atoms with van der Waals surface area (Å²) in [7, 11) is -3.76. The van der Waals surface area contributed by atoms with Crippen LogP contribution in [0.3, 0.4) is 0 Å². The zero-order valence-electron chi connectivity index (χ0n) is 16.8. The van der Waals surface area contributed by atoms with Crippen molar-refractivity contribution in [3.63, 3.8) is 0 Å². The van der Waals surface area contributed by atoms with E-state index < -0.39 is 10.0 Å². The number of hydrogen-bond acceptors (Lipinski definition) is 5. The first-order chi connectivity index (χ1) is 14.4. The fourth-order valence-corrected chi connectivity index (χ4v) is 4.21. The molecule has 0 aromatic heterocycles. The van der Waals surface area contributed by atoms with Crippen LogP contribution in [0.1, 0.15) is 22.8 Å². The largest absolute Gasteiger partial charge is 0.450 e. The predicted molar refractivity (Wildman–Crippen MR) is 111 cm³/mol. The molecule has 0 aliphatic carbocycles. The zero-order valence-corrected chi connectivity index (χ0v) is 17.6. The minimum atomic E-state index is -3.76. The van der Waals surface area contributed by atoms with Crippen molar-refractivity contribution in [3.8, 4) is 0 Å². The summed E-state index contributed by atoms with van der Waals surface area (Å²) in [6.45, 7) is 3.69. The summed E-state index contributed by atoms with van der Waals surface area (Å²) in [5, 5.41) is 0. The van der Waals surface area contributed by atoms with Crippen LogP contribution in [-0.2, 0) is 21.3 Å². The van der Waals surface area contributed by atoms with Crippen LogP contribution in [-0.4, -0.2) is 63.0 Å². The van der Waals surface area contributed by atoms with Gasteiger partial charge in [0, 0.05) is 38.3 Å². The Bertz CT molecular complexity index is 987. The maximum atomic E-state index is 12.8. The summed E-state index contributed by atoms with van der Waals surface area (Å²) in [5.74, 6) is -0.265. The molecule has 1 fully saturated rings. The summed E-state index contributed by atoms with van der Waals surface area (Å²) in [5.41, 5.74) is 1.13. The fourth-order valence-electron chi connectivity index (χ4n) is 3.14. The number of nitrogens with zero attached hydrogens (tertiary/aromatic N) is 2. The van der Waals surface area contributed by atoms with Crippen LogP contribution >= 0.6 is 0 Å². The number of piperazine rings is 1. The SMILES string of the molecule is CCOC(=O)N1CCN(C(=O)c2cccc(S(=O)(=O)NCc3ccccc3)c2)CC1. The van der Waals surface area contributed by atoms with Crippen LogP contribution in [0, 0.1) is 0 Å². The molecule has 1 aliphatic rings. The molecule has 3 rings (SSSR count). The summed E-state index contributed by atoms with van der Waals surface area (Å²) in [4.78, 5) is 27.8. The zero-order chi connectivity index (χ0) is 21.6. The van der Waals surface area contributed by atoms with Crippen LogP contribution < -0.4 is 4.72 Å². The second-order valence-corrected chi connectivity index (χ2v) is 8.58. The smallest absolute Gasteiger partial charge is 0.409 e. The van der Waals surface area contributed by atoms with Gasteiger partial charge in [-0.2, -0.15) is 0 Å². The van der Waals surface area contributed by atoms with Gasteiger partial charge < -0.3 is 14.5 Å². The van der Waals surface area contributed by atoms with Crippen molar-refractivity contribution >= 4 is 22.0 Å². The van der Waals surface area contributed by atoms with E-state index >= 15 is 0 Å². The van der Waals surface area contributed by atoms with Crippen LogP contribution in [0.15, 0.2) is 59.5 Å². The number of hydrogen-bond donors (Lipinski definition) is 1. The summed E-state index contributed by atoms with van der Waals surface area (Å²) < 4.78 is 32.8. The molecule has 8 nitrogen and oxygen atoms in total. The van der Waals surface area contributed by atoms with Gasteiger partial charge in [0.25, 0.3) is 5.91 Å². The number of amides is 2. The number of sulfonamides is 1. The number of ether oxygens (including phenoxy) is 1. The van der Waals surface area contributed by atoms with Crippen molar-refractivity contribution in [3.05, 3.63) is 65.7 Å². The van der Waals surface area contributed by atoms with Crippen molar-refractivity contribution in [2.24, 2.45) is 0 Å². The van der Waals surface area contributed by atoms with Crippen LogP contribution in [0.4, 0.5) is 4.79 Å². The lowest BCUT2D eigenvalue weighted by Crippen LogP contribution is -2.50. The van der Waals surface area contributed by atoms with Crippen LogP contribution in [0.25, 0.3) is 0 Å². The standard InChI is InChI=1S/C21H25N3O5S/c1-2-29-21(26)24-13-11-23(12-14-24)20(25)18-9-6-10-19(15-18)30(27,28)22-16-17-7-4-3-5-8-17/h3-10,15,22H,2,11-14,16H2,1H3. The molecule has 0 unspecified atom stereocenters. The fraction of sp³-hybridized carbons (Fsp3) is 0.333. The lowest BCUT2D eigenvalue weighted by Gasteiger charge is -2.34. The molecule has 30 heavy (non-hydrogen) atoms. The number of nitrogens with one attached hydrogen (secondary N) is 1. The average Bonchev–Trinajstić information content (AvgIpc) is 2.78. The second kappa shape index (κ2) is 9.73. The number of carbonyl (C=O) groups is 2. The lowest BCUT2D eigenvalue weighted by atomic mass is 10.2. The van der Waals surface area contributed by atoms with E-state index in [4.69, 9.17) is 4.74 Å². The first kappa shape index (κ1) is 21.8. The van der Waals surface area contributed by atoms with E-state index in [1.165, 1.54) is 12.1 Å². The molecular weight excluding hydrogens is 406 g/mol. The van der Waals surface area contributed by atoms with Gasteiger partial charge in [-0.15, -0.1) is 0 Å². The molecule has 1 saturated heterocycles. The topological polar surface area (TPSA) is 96.0 Å². The Hall–Kier alpha value is -2.91. The quantitative estimate of drug-likeness (QED) is 0.756. The molecule has 2 aromatic rings. The third-order valence-corrected chi connectivity index (χ3v) is 6.19. The third-order valence-electron chi connectivity index (χ3n) is 4.79. The molecule has 0 saturated carbocycles. The Labute approximate surface area is 176 Å². The van der Waals surface area contributed by atoms with Crippen molar-refractivity contribution in [1.29, 1.82) is 0 Å². The number of rotatable bonds is 6. The van der Waals surface area contributed by atoms with E-state index in [-0.39, 0.29) is 23.4 Å². The van der Waals surface area contributed by atoms with Gasteiger partial charge in [-0.25, -0.2) is 17.9 Å². The van der Waals surface area contributed by atoms with Gasteiger partial charge in [-0.3, -0.25) is 4.79 Å². The Morgan fingerprint density at radius 1 is 0.967 bits per heavy atom. The normalized spacial score (nSPS) is 14.4. The van der Waals surface area contributed by atoms with Crippen molar-refractivity contribution in [2.45, 2.75) is 18.4 Å². The molecule has 0 spiro atoms. The molecule has 1 N–H and O–H groups in total. The molecule has 9 heteroatoms. The summed E-state index contributed by atoms with van der Waals surface area (Å²) in [6.07, 6.45) is -0.387. The van der Waals surface area contributed by atoms with Gasteiger partial charge in [0.2, 0.25) is 10.0 Å². The number of carbonyl (C=O) groups excluding carboxylic acids is 2. The molecule has 160 valence electrons. The molecule has 0 radical (unpaired) electrons. The van der Waals surface area contributed by atoms with Crippen molar-refractivity contribution in [1.82, 2.24) is 14.5 Å². The maximum absolute atomic E-state index is 12.8. The average molecular weight is 432 g/mol. The van der Waals surface area contributed by atoms with Gasteiger partial charge in [-0.05, 0) is 30.7 Å². The number of benzene rings is 2. The van der Waals surface area contributed by atoms with E-state index in [2.05, 4.69) is 4.72 Å². The molecule has 0 atom stereocenters. The first-order valence-electron chi connectivity index (χ1n) is 9.75. The monoisotopic (exact) mass is 431 g/mol. The third kappa shape index (κ3) is 5.37. The Kier molecular flexibility index (Phi) is 7.07. The van der Waals surface area contributed by atoms with Gasteiger partial charge >= 0.3 is 6.09 Å². The highest BCUT2D eigenvalue weighted by atomic mass is 32.2. The highest BCUT2D eigenvalue weighted by molar-refractivity contribution is 7.89. The summed E-state index contributed by atoms with van der Waals surface area (Å²) >= 11 is 0. The predicted octanol–water partition coefficient (Wildman–Crippen LogP) is 2.08. The van der Waals surface area contributed by atoms with Gasteiger partial charge in [0.1, 0.15) is 0 Å². The van der Waals surface area contributed by atoms with Crippen molar-refractivity contribution < 1.29 is 22.7 Å². The minimum absolute atomic E-state index is 0.0365. The van der Waals surface area contributed by atoms with Crippen LogP contribution in [0.2, 0.25) is 0 Å². The van der Waals surface area contributed by atoms with Crippen LogP contribution in [0.5, 0.6) is 0 Å². The highest BCUT2D eigenvalue weighted by Crippen LogP contribution is 2.15. The molecule has 0 bridgehead atoms. The Morgan fingerprint density at radius 2 is 1.63 bits per heavy atom. The highest BCUT2D eigenvalue weighted by Gasteiger charge is 2.26. The van der Waals surface area contributed by atoms with Gasteiger partial charge in [-0.1, -0.05) is 36.4 Å². The minimum Gasteiger partial charge on any atom is -0.450 e. The van der Waals surface area contributed by atoms with E-state index in [1.807, 2.05) is 30.3 Å². The molecule has 1 aliphatic heterocycles. The second-order valence-electron chi connectivity index (χ2n) is 6.82. The van der Waals surface area contributed by atoms with E-state index in [1.54, 1.807) is 28.9 Å². The van der Waals surface area contributed by atoms with E-state index in [0.717, 1.165) is 5.56 Å². The molecule has 1 heterocycles. The first-order valence-corrected chi connectivity index (χ1v) is 11.2. The Balaban J connectivity index is 1.64. The molecule has 2 amide bonds.